The van der Waals surface area contributed by atoms with Crippen molar-refractivity contribution in [2.75, 3.05) is 11.9 Å². The van der Waals surface area contributed by atoms with Crippen molar-refractivity contribution >= 4 is 5.82 Å². The van der Waals surface area contributed by atoms with Crippen molar-refractivity contribution in [2.24, 2.45) is 5.92 Å². The van der Waals surface area contributed by atoms with Crippen molar-refractivity contribution < 1.29 is 8.78 Å². The average Bonchev–Trinajstić information content (AvgIpc) is 2.36. The Bertz CT molecular complexity index is 566. The zero-order valence-corrected chi connectivity index (χ0v) is 12.3. The van der Waals surface area contributed by atoms with Crippen LogP contribution in [0.2, 0.25) is 0 Å². The zero-order valence-electron chi connectivity index (χ0n) is 12.3. The third-order valence-electron chi connectivity index (χ3n) is 3.90. The van der Waals surface area contributed by atoms with E-state index in [9.17, 15) is 18.4 Å². The van der Waals surface area contributed by atoms with Crippen molar-refractivity contribution in [2.45, 2.75) is 51.5 Å². The van der Waals surface area contributed by atoms with Gasteiger partial charge < -0.3 is 5.32 Å². The van der Waals surface area contributed by atoms with Crippen LogP contribution in [0.25, 0.3) is 0 Å². The van der Waals surface area contributed by atoms with E-state index in [-0.39, 0.29) is 30.4 Å². The number of anilines is 1. The summed E-state index contributed by atoms with van der Waals surface area (Å²) in [6.07, 6.45) is 0.718. The quantitative estimate of drug-likeness (QED) is 0.897. The Hall–Kier alpha value is -1.66. The van der Waals surface area contributed by atoms with Crippen LogP contribution >= 0.6 is 0 Å². The van der Waals surface area contributed by atoms with Gasteiger partial charge in [-0.25, -0.2) is 13.6 Å². The Labute approximate surface area is 121 Å². The molecule has 0 bridgehead atoms. The second-order valence-corrected chi connectivity index (χ2v) is 5.97. The number of aromatic amines is 1. The van der Waals surface area contributed by atoms with Crippen LogP contribution in [0, 0.1) is 5.92 Å². The molecule has 1 fully saturated rings. The van der Waals surface area contributed by atoms with Crippen LogP contribution in [0.3, 0.4) is 0 Å². The maximum atomic E-state index is 13.1. The molecule has 21 heavy (non-hydrogen) atoms. The van der Waals surface area contributed by atoms with Gasteiger partial charge in [-0.15, -0.1) is 0 Å². The first kappa shape index (κ1) is 15.7. The molecule has 5 nitrogen and oxygen atoms in total. The average molecular weight is 301 g/mol. The second-order valence-electron chi connectivity index (χ2n) is 5.97. The summed E-state index contributed by atoms with van der Waals surface area (Å²) in [6.45, 7) is 4.00. The maximum absolute atomic E-state index is 13.1. The molecule has 0 amide bonds. The first-order valence-electron chi connectivity index (χ1n) is 7.26. The molecule has 0 saturated heterocycles. The number of H-pyrrole nitrogens is 1. The van der Waals surface area contributed by atoms with Gasteiger partial charge in [0, 0.05) is 31.5 Å². The lowest BCUT2D eigenvalue weighted by Gasteiger charge is -2.28. The van der Waals surface area contributed by atoms with Crippen LogP contribution in [0.4, 0.5) is 14.6 Å². The molecule has 0 spiro atoms. The Kier molecular flexibility index (Phi) is 4.49. The minimum absolute atomic E-state index is 0.0924. The Balaban J connectivity index is 1.99. The number of alkyl halides is 2. The molecule has 1 saturated carbocycles. The number of hydrogen-bond donors (Lipinski definition) is 2. The van der Waals surface area contributed by atoms with Gasteiger partial charge >= 0.3 is 5.69 Å². The summed E-state index contributed by atoms with van der Waals surface area (Å²) in [5.41, 5.74) is -0.832. The van der Waals surface area contributed by atoms with Crippen molar-refractivity contribution in [3.8, 4) is 0 Å². The summed E-state index contributed by atoms with van der Waals surface area (Å²) < 4.78 is 27.2. The van der Waals surface area contributed by atoms with Gasteiger partial charge in [-0.1, -0.05) is 0 Å². The highest BCUT2D eigenvalue weighted by Gasteiger charge is 2.34. The number of rotatable bonds is 4. The predicted molar refractivity (Wildman–Crippen MR) is 77.1 cm³/mol. The molecule has 118 valence electrons. The normalized spacial score (nSPS) is 18.9. The van der Waals surface area contributed by atoms with Gasteiger partial charge in [0.2, 0.25) is 5.92 Å². The third-order valence-corrected chi connectivity index (χ3v) is 3.90. The Morgan fingerprint density at radius 1 is 1.38 bits per heavy atom. The molecule has 0 radical (unpaired) electrons. The van der Waals surface area contributed by atoms with E-state index in [0.717, 1.165) is 4.57 Å². The van der Waals surface area contributed by atoms with Crippen LogP contribution < -0.4 is 16.6 Å². The van der Waals surface area contributed by atoms with E-state index in [0.29, 0.717) is 25.2 Å². The van der Waals surface area contributed by atoms with E-state index in [1.54, 1.807) is 13.8 Å². The highest BCUT2D eigenvalue weighted by Crippen LogP contribution is 2.35. The van der Waals surface area contributed by atoms with Crippen LogP contribution in [0.15, 0.2) is 15.7 Å². The highest BCUT2D eigenvalue weighted by molar-refractivity contribution is 5.32. The highest BCUT2D eigenvalue weighted by atomic mass is 19.3. The van der Waals surface area contributed by atoms with E-state index >= 15 is 0 Å². The van der Waals surface area contributed by atoms with Gasteiger partial charge in [-0.3, -0.25) is 14.3 Å². The molecular formula is C14H21F2N3O2. The number of nitrogens with zero attached hydrogens (tertiary/aromatic N) is 1. The van der Waals surface area contributed by atoms with Gasteiger partial charge in [-0.2, -0.15) is 0 Å². The van der Waals surface area contributed by atoms with E-state index in [2.05, 4.69) is 10.3 Å². The second kappa shape index (κ2) is 5.99. The summed E-state index contributed by atoms with van der Waals surface area (Å²) in [5, 5.41) is 2.98. The first-order valence-corrected chi connectivity index (χ1v) is 7.26. The fraction of sp³-hybridized carbons (Fsp3) is 0.714. The van der Waals surface area contributed by atoms with Crippen molar-refractivity contribution in [3.63, 3.8) is 0 Å². The van der Waals surface area contributed by atoms with Crippen LogP contribution in [-0.4, -0.2) is 22.0 Å². The standard InChI is InChI=1S/C14H21F2N3O2/c1-9(2)19-12(20)7-11(18-13(19)21)17-8-10-3-5-14(15,16)6-4-10/h7,9-10,17H,3-6,8H2,1-2H3,(H,18,21). The third kappa shape index (κ3) is 3.92. The number of nitrogens with one attached hydrogen (secondary N) is 2. The number of hydrogen-bond acceptors (Lipinski definition) is 3. The molecule has 0 atom stereocenters. The molecule has 1 heterocycles. The summed E-state index contributed by atoms with van der Waals surface area (Å²) in [7, 11) is 0. The summed E-state index contributed by atoms with van der Waals surface area (Å²) in [5.74, 6) is -2.05. The summed E-state index contributed by atoms with van der Waals surface area (Å²) in [6, 6.07) is 1.12. The lowest BCUT2D eigenvalue weighted by Crippen LogP contribution is -2.36. The molecule has 2 N–H and O–H groups in total. The van der Waals surface area contributed by atoms with Crippen molar-refractivity contribution in [1.82, 2.24) is 9.55 Å². The molecule has 0 aromatic carbocycles. The smallest absolute Gasteiger partial charge is 0.330 e. The van der Waals surface area contributed by atoms with E-state index in [1.165, 1.54) is 6.07 Å². The Morgan fingerprint density at radius 3 is 2.52 bits per heavy atom. The van der Waals surface area contributed by atoms with Crippen molar-refractivity contribution in [1.29, 1.82) is 0 Å². The molecule has 1 aliphatic rings. The molecule has 7 heteroatoms. The summed E-state index contributed by atoms with van der Waals surface area (Å²) in [4.78, 5) is 26.3. The van der Waals surface area contributed by atoms with Gasteiger partial charge in [0.15, 0.2) is 0 Å². The number of aromatic nitrogens is 2. The minimum atomic E-state index is -2.54. The zero-order chi connectivity index (χ0) is 15.6. The van der Waals surface area contributed by atoms with E-state index in [1.807, 2.05) is 0 Å². The lowest BCUT2D eigenvalue weighted by atomic mass is 9.87. The topological polar surface area (TPSA) is 66.9 Å². The first-order chi connectivity index (χ1) is 9.78. The minimum Gasteiger partial charge on any atom is -0.371 e. The molecule has 1 aromatic heterocycles. The van der Waals surface area contributed by atoms with Gasteiger partial charge in [0.05, 0.1) is 0 Å². The van der Waals surface area contributed by atoms with Crippen LogP contribution in [-0.2, 0) is 0 Å². The molecular weight excluding hydrogens is 280 g/mol. The molecule has 0 unspecified atom stereocenters. The van der Waals surface area contributed by atoms with Gasteiger partial charge in [0.25, 0.3) is 5.56 Å². The molecule has 2 rings (SSSR count). The Morgan fingerprint density at radius 2 is 2.00 bits per heavy atom. The van der Waals surface area contributed by atoms with Crippen LogP contribution in [0.1, 0.15) is 45.6 Å². The lowest BCUT2D eigenvalue weighted by molar-refractivity contribution is -0.0443. The predicted octanol–water partition coefficient (Wildman–Crippen LogP) is 2.35. The summed E-state index contributed by atoms with van der Waals surface area (Å²) >= 11 is 0. The van der Waals surface area contributed by atoms with Gasteiger partial charge in [-0.05, 0) is 32.6 Å². The van der Waals surface area contributed by atoms with Crippen LogP contribution in [0.5, 0.6) is 0 Å². The SMILES string of the molecule is CC(C)n1c(=O)cc(NCC2CCC(F)(F)CC2)[nH]c1=O. The molecule has 1 aromatic rings. The van der Waals surface area contributed by atoms with Gasteiger partial charge in [0.1, 0.15) is 5.82 Å². The monoisotopic (exact) mass is 301 g/mol. The molecule has 0 aliphatic heterocycles. The van der Waals surface area contributed by atoms with E-state index < -0.39 is 11.6 Å². The van der Waals surface area contributed by atoms with E-state index in [4.69, 9.17) is 0 Å². The molecule has 1 aliphatic carbocycles. The largest absolute Gasteiger partial charge is 0.371 e. The fourth-order valence-electron chi connectivity index (χ4n) is 2.65. The number of halogens is 2. The van der Waals surface area contributed by atoms with Crippen molar-refractivity contribution in [3.05, 3.63) is 26.9 Å². The fourth-order valence-corrected chi connectivity index (χ4v) is 2.65. The maximum Gasteiger partial charge on any atom is 0.330 e.